The van der Waals surface area contributed by atoms with E-state index >= 15 is 0 Å². The molecule has 1 amide bonds. The van der Waals surface area contributed by atoms with E-state index in [9.17, 15) is 9.59 Å². The normalized spacial score (nSPS) is 17.8. The highest BCUT2D eigenvalue weighted by Gasteiger charge is 2.26. The highest BCUT2D eigenvalue weighted by molar-refractivity contribution is 5.76. The Morgan fingerprint density at radius 2 is 1.83 bits per heavy atom. The van der Waals surface area contributed by atoms with Crippen LogP contribution in [0, 0.1) is 5.41 Å². The monoisotopic (exact) mass is 257 g/mol. The molecule has 1 rings (SSSR count). The molecule has 1 saturated heterocycles. The number of likely N-dealkylation sites (tertiary alicyclic amines) is 1. The van der Waals surface area contributed by atoms with Gasteiger partial charge >= 0.3 is 5.97 Å². The van der Waals surface area contributed by atoms with Crippen molar-refractivity contribution in [1.29, 1.82) is 0 Å². The lowest BCUT2D eigenvalue weighted by Gasteiger charge is -2.33. The second kappa shape index (κ2) is 6.18. The number of rotatable bonds is 4. The summed E-state index contributed by atoms with van der Waals surface area (Å²) in [6.07, 6.45) is 1.97. The van der Waals surface area contributed by atoms with Crippen molar-refractivity contribution in [2.45, 2.75) is 46.1 Å². The molecule has 0 aromatic carbocycles. The lowest BCUT2D eigenvalue weighted by atomic mass is 9.91. The van der Waals surface area contributed by atoms with Crippen LogP contribution < -0.4 is 0 Å². The van der Waals surface area contributed by atoms with Crippen molar-refractivity contribution in [2.75, 3.05) is 19.7 Å². The van der Waals surface area contributed by atoms with E-state index in [1.807, 2.05) is 25.7 Å². The fourth-order valence-corrected chi connectivity index (χ4v) is 2.03. The number of carbonyl (C=O) groups excluding carboxylic acids is 1. The highest BCUT2D eigenvalue weighted by atomic mass is 16.5. The first-order valence-electron chi connectivity index (χ1n) is 6.39. The highest BCUT2D eigenvalue weighted by Crippen LogP contribution is 2.22. The van der Waals surface area contributed by atoms with Crippen LogP contribution in [0.3, 0.4) is 0 Å². The first-order valence-corrected chi connectivity index (χ1v) is 6.39. The first kappa shape index (κ1) is 15.0. The summed E-state index contributed by atoms with van der Waals surface area (Å²) in [5.41, 5.74) is 0.00768. The Kier molecular flexibility index (Phi) is 5.14. The number of hydrogen-bond donors (Lipinski definition) is 1. The van der Waals surface area contributed by atoms with Crippen molar-refractivity contribution in [3.63, 3.8) is 0 Å². The minimum absolute atomic E-state index is 0.00768. The van der Waals surface area contributed by atoms with Crippen LogP contribution in [-0.2, 0) is 14.3 Å². The number of hydrogen-bond acceptors (Lipinski definition) is 3. The molecule has 0 unspecified atom stereocenters. The Balaban J connectivity index is 2.30. The topological polar surface area (TPSA) is 66.8 Å². The number of amides is 1. The van der Waals surface area contributed by atoms with Gasteiger partial charge in [-0.3, -0.25) is 4.79 Å². The number of carbonyl (C=O) groups is 2. The molecular weight excluding hydrogens is 234 g/mol. The van der Waals surface area contributed by atoms with Gasteiger partial charge in [0.2, 0.25) is 5.91 Å². The number of aliphatic carboxylic acids is 1. The molecule has 1 aliphatic rings. The standard InChI is InChI=1S/C13H23NO4/c1-13(2,3)8-11(15)14-6-4-10(5-7-14)18-9-12(16)17/h10H,4-9H2,1-3H3,(H,16,17). The summed E-state index contributed by atoms with van der Waals surface area (Å²) in [5, 5.41) is 8.52. The van der Waals surface area contributed by atoms with Gasteiger partial charge in [0, 0.05) is 19.5 Å². The summed E-state index contributed by atoms with van der Waals surface area (Å²) < 4.78 is 5.24. The fraction of sp³-hybridized carbons (Fsp3) is 0.846. The van der Waals surface area contributed by atoms with Gasteiger partial charge in [-0.25, -0.2) is 4.79 Å². The van der Waals surface area contributed by atoms with Crippen LogP contribution in [0.5, 0.6) is 0 Å². The van der Waals surface area contributed by atoms with E-state index in [4.69, 9.17) is 9.84 Å². The van der Waals surface area contributed by atoms with E-state index in [1.54, 1.807) is 0 Å². The minimum atomic E-state index is -0.943. The predicted octanol–water partition coefficient (Wildman–Crippen LogP) is 1.51. The first-order chi connectivity index (χ1) is 8.28. The fourth-order valence-electron chi connectivity index (χ4n) is 2.03. The zero-order valence-electron chi connectivity index (χ0n) is 11.4. The molecule has 5 heteroatoms. The molecule has 104 valence electrons. The Morgan fingerprint density at radius 3 is 2.28 bits per heavy atom. The van der Waals surface area contributed by atoms with E-state index in [0.717, 1.165) is 12.8 Å². The van der Waals surface area contributed by atoms with E-state index in [-0.39, 0.29) is 24.0 Å². The van der Waals surface area contributed by atoms with E-state index in [2.05, 4.69) is 0 Å². The third-order valence-corrected chi connectivity index (χ3v) is 2.92. The van der Waals surface area contributed by atoms with Gasteiger partial charge in [-0.15, -0.1) is 0 Å². The Bertz CT molecular complexity index is 301. The molecule has 0 saturated carbocycles. The number of ether oxygens (including phenoxy) is 1. The molecule has 0 aromatic heterocycles. The zero-order chi connectivity index (χ0) is 13.8. The summed E-state index contributed by atoms with van der Waals surface area (Å²) in [6.45, 7) is 7.23. The summed E-state index contributed by atoms with van der Waals surface area (Å²) in [6, 6.07) is 0. The number of piperidine rings is 1. The second-order valence-corrected chi connectivity index (χ2v) is 6.02. The predicted molar refractivity (Wildman–Crippen MR) is 67.3 cm³/mol. The third-order valence-electron chi connectivity index (χ3n) is 2.92. The van der Waals surface area contributed by atoms with Crippen LogP contribution in [0.4, 0.5) is 0 Å². The molecule has 0 spiro atoms. The van der Waals surface area contributed by atoms with Crippen molar-refractivity contribution in [2.24, 2.45) is 5.41 Å². The van der Waals surface area contributed by atoms with Crippen LogP contribution >= 0.6 is 0 Å². The van der Waals surface area contributed by atoms with Crippen LogP contribution in [0.1, 0.15) is 40.0 Å². The van der Waals surface area contributed by atoms with Gasteiger partial charge < -0.3 is 14.7 Å². The number of carboxylic acids is 1. The molecule has 0 radical (unpaired) electrons. The van der Waals surface area contributed by atoms with Crippen molar-refractivity contribution < 1.29 is 19.4 Å². The van der Waals surface area contributed by atoms with E-state index in [0.29, 0.717) is 19.5 Å². The quantitative estimate of drug-likeness (QED) is 0.829. The summed E-state index contributed by atoms with van der Waals surface area (Å²) in [7, 11) is 0. The van der Waals surface area contributed by atoms with Gasteiger partial charge in [-0.2, -0.15) is 0 Å². The second-order valence-electron chi connectivity index (χ2n) is 6.02. The lowest BCUT2D eigenvalue weighted by molar-refractivity contribution is -0.147. The van der Waals surface area contributed by atoms with Gasteiger partial charge in [0.25, 0.3) is 0 Å². The summed E-state index contributed by atoms with van der Waals surface area (Å²) in [5.74, 6) is -0.763. The van der Waals surface area contributed by atoms with Crippen molar-refractivity contribution >= 4 is 11.9 Å². The molecule has 1 heterocycles. The Hall–Kier alpha value is -1.10. The molecule has 0 bridgehead atoms. The van der Waals surface area contributed by atoms with Gasteiger partial charge in [0.05, 0.1) is 6.10 Å². The Morgan fingerprint density at radius 1 is 1.28 bits per heavy atom. The summed E-state index contributed by atoms with van der Waals surface area (Å²) in [4.78, 5) is 24.2. The maximum Gasteiger partial charge on any atom is 0.329 e. The largest absolute Gasteiger partial charge is 0.480 e. The SMILES string of the molecule is CC(C)(C)CC(=O)N1CCC(OCC(=O)O)CC1. The van der Waals surface area contributed by atoms with Crippen molar-refractivity contribution in [1.82, 2.24) is 4.90 Å². The number of nitrogens with zero attached hydrogens (tertiary/aromatic N) is 1. The minimum Gasteiger partial charge on any atom is -0.480 e. The smallest absolute Gasteiger partial charge is 0.329 e. The zero-order valence-corrected chi connectivity index (χ0v) is 11.4. The average molecular weight is 257 g/mol. The van der Waals surface area contributed by atoms with Crippen LogP contribution in [-0.4, -0.2) is 47.7 Å². The molecule has 18 heavy (non-hydrogen) atoms. The van der Waals surface area contributed by atoms with Crippen molar-refractivity contribution in [3.05, 3.63) is 0 Å². The van der Waals surface area contributed by atoms with Gasteiger partial charge in [-0.1, -0.05) is 20.8 Å². The molecule has 1 aliphatic heterocycles. The van der Waals surface area contributed by atoms with Crippen LogP contribution in [0.15, 0.2) is 0 Å². The molecule has 1 fully saturated rings. The van der Waals surface area contributed by atoms with Crippen molar-refractivity contribution in [3.8, 4) is 0 Å². The summed E-state index contributed by atoms with van der Waals surface area (Å²) >= 11 is 0. The van der Waals surface area contributed by atoms with E-state index in [1.165, 1.54) is 0 Å². The Labute approximate surface area is 108 Å². The molecule has 5 nitrogen and oxygen atoms in total. The molecular formula is C13H23NO4. The van der Waals surface area contributed by atoms with Gasteiger partial charge in [0.1, 0.15) is 6.61 Å². The maximum atomic E-state index is 12.0. The average Bonchev–Trinajstić information content (AvgIpc) is 2.24. The molecule has 1 N–H and O–H groups in total. The maximum absolute atomic E-state index is 12.0. The molecule has 0 atom stereocenters. The number of carboxylic acid groups (broad SMARTS) is 1. The molecule has 0 aromatic rings. The van der Waals surface area contributed by atoms with Crippen LogP contribution in [0.2, 0.25) is 0 Å². The van der Waals surface area contributed by atoms with Crippen LogP contribution in [0.25, 0.3) is 0 Å². The molecule has 0 aliphatic carbocycles. The van der Waals surface area contributed by atoms with E-state index < -0.39 is 5.97 Å². The van der Waals surface area contributed by atoms with Gasteiger partial charge in [0.15, 0.2) is 0 Å². The van der Waals surface area contributed by atoms with Gasteiger partial charge in [-0.05, 0) is 18.3 Å². The third kappa shape index (κ3) is 5.49. The lowest BCUT2D eigenvalue weighted by Crippen LogP contribution is -2.42.